The van der Waals surface area contributed by atoms with Crippen LogP contribution in [0.2, 0.25) is 0 Å². The van der Waals surface area contributed by atoms with Crippen LogP contribution in [-0.2, 0) is 22.6 Å². The summed E-state index contributed by atoms with van der Waals surface area (Å²) in [6.07, 6.45) is 0.617. The molecule has 27 heavy (non-hydrogen) atoms. The highest BCUT2D eigenvalue weighted by Gasteiger charge is 2.24. The summed E-state index contributed by atoms with van der Waals surface area (Å²) in [5.74, 6) is 0.794. The molecule has 0 fully saturated rings. The van der Waals surface area contributed by atoms with Crippen molar-refractivity contribution in [1.29, 1.82) is 0 Å². The summed E-state index contributed by atoms with van der Waals surface area (Å²) < 4.78 is 11.0. The minimum atomic E-state index is -0.331. The van der Waals surface area contributed by atoms with E-state index in [1.807, 2.05) is 18.2 Å². The lowest BCUT2D eigenvalue weighted by molar-refractivity contribution is -0.125. The van der Waals surface area contributed by atoms with Gasteiger partial charge in [-0.2, -0.15) is 0 Å². The second-order valence-electron chi connectivity index (χ2n) is 6.53. The molecule has 2 aliphatic heterocycles. The van der Waals surface area contributed by atoms with Crippen molar-refractivity contribution in [2.45, 2.75) is 19.0 Å². The van der Waals surface area contributed by atoms with Crippen LogP contribution in [0.1, 0.15) is 11.1 Å². The summed E-state index contributed by atoms with van der Waals surface area (Å²) >= 11 is 0. The fraction of sp³-hybridized carbons (Fsp3) is 0.300. The monoisotopic (exact) mass is 367 g/mol. The van der Waals surface area contributed by atoms with E-state index in [1.54, 1.807) is 18.2 Å². The van der Waals surface area contributed by atoms with Gasteiger partial charge in [-0.05, 0) is 29.7 Å². The highest BCUT2D eigenvalue weighted by Crippen LogP contribution is 2.32. The van der Waals surface area contributed by atoms with E-state index in [-0.39, 0.29) is 24.4 Å². The molecule has 0 aromatic heterocycles. The van der Waals surface area contributed by atoms with Gasteiger partial charge in [0.1, 0.15) is 13.2 Å². The molecule has 1 atom stereocenters. The first-order valence-corrected chi connectivity index (χ1v) is 8.96. The molecule has 2 heterocycles. The first-order chi connectivity index (χ1) is 13.2. The largest absolute Gasteiger partial charge is 0.486 e. The highest BCUT2D eigenvalue weighted by atomic mass is 16.6. The summed E-state index contributed by atoms with van der Waals surface area (Å²) in [6.45, 7) is 1.56. The first kappa shape index (κ1) is 17.4. The number of carbonyl (C=O) groups excluding carboxylic acids is 2. The van der Waals surface area contributed by atoms with Gasteiger partial charge < -0.3 is 25.4 Å². The lowest BCUT2D eigenvalue weighted by Gasteiger charge is -2.25. The summed E-state index contributed by atoms with van der Waals surface area (Å²) in [7, 11) is 0. The van der Waals surface area contributed by atoms with Gasteiger partial charge >= 0.3 is 0 Å². The van der Waals surface area contributed by atoms with Gasteiger partial charge in [0.05, 0.1) is 12.6 Å². The van der Waals surface area contributed by atoms with Crippen molar-refractivity contribution in [1.82, 2.24) is 10.6 Å². The van der Waals surface area contributed by atoms with Crippen LogP contribution in [0.15, 0.2) is 42.5 Å². The average Bonchev–Trinajstić information content (AvgIpc) is 2.71. The number of ether oxygens (including phenoxy) is 2. The molecule has 0 saturated carbocycles. The van der Waals surface area contributed by atoms with E-state index in [0.717, 1.165) is 5.56 Å². The van der Waals surface area contributed by atoms with Crippen LogP contribution in [0.3, 0.4) is 0 Å². The molecule has 0 bridgehead atoms. The number of nitrogens with one attached hydrogen (secondary N) is 3. The Kier molecular flexibility index (Phi) is 4.93. The summed E-state index contributed by atoms with van der Waals surface area (Å²) in [5.41, 5.74) is 2.97. The normalized spacial score (nSPS) is 17.6. The molecule has 3 N–H and O–H groups in total. The van der Waals surface area contributed by atoms with Crippen LogP contribution in [0.4, 0.5) is 5.69 Å². The predicted molar refractivity (Wildman–Crippen MR) is 99.8 cm³/mol. The zero-order valence-electron chi connectivity index (χ0n) is 14.8. The molecule has 0 unspecified atom stereocenters. The molecule has 2 amide bonds. The van der Waals surface area contributed by atoms with E-state index in [0.29, 0.717) is 43.4 Å². The minimum absolute atomic E-state index is 0.0902. The third kappa shape index (κ3) is 4.03. The Balaban J connectivity index is 1.29. The molecule has 2 aliphatic rings. The number of fused-ring (bicyclic) bond motifs is 2. The zero-order chi connectivity index (χ0) is 18.6. The van der Waals surface area contributed by atoms with Gasteiger partial charge in [-0.1, -0.05) is 24.3 Å². The van der Waals surface area contributed by atoms with Gasteiger partial charge in [0, 0.05) is 18.3 Å². The van der Waals surface area contributed by atoms with Crippen LogP contribution >= 0.6 is 0 Å². The van der Waals surface area contributed by atoms with E-state index >= 15 is 0 Å². The predicted octanol–water partition coefficient (Wildman–Crippen LogP) is 1.23. The average molecular weight is 367 g/mol. The molecule has 2 aromatic carbocycles. The zero-order valence-corrected chi connectivity index (χ0v) is 14.8. The van der Waals surface area contributed by atoms with Crippen LogP contribution in [-0.4, -0.2) is 37.6 Å². The lowest BCUT2D eigenvalue weighted by atomic mass is 9.95. The number of hydrogen-bond donors (Lipinski definition) is 3. The first-order valence-electron chi connectivity index (χ1n) is 8.96. The summed E-state index contributed by atoms with van der Waals surface area (Å²) in [6, 6.07) is 12.9. The van der Waals surface area contributed by atoms with E-state index in [9.17, 15) is 9.59 Å². The number of anilines is 1. The maximum absolute atomic E-state index is 12.4. The van der Waals surface area contributed by atoms with Crippen LogP contribution < -0.4 is 25.4 Å². The quantitative estimate of drug-likeness (QED) is 0.756. The molecule has 0 aliphatic carbocycles. The maximum Gasteiger partial charge on any atom is 0.243 e. The van der Waals surface area contributed by atoms with E-state index in [2.05, 4.69) is 22.0 Å². The van der Waals surface area contributed by atoms with Crippen molar-refractivity contribution in [3.63, 3.8) is 0 Å². The molecule has 0 spiro atoms. The van der Waals surface area contributed by atoms with Gasteiger partial charge in [-0.25, -0.2) is 0 Å². The maximum atomic E-state index is 12.4. The fourth-order valence-electron chi connectivity index (χ4n) is 3.26. The molecule has 7 heteroatoms. The second-order valence-corrected chi connectivity index (χ2v) is 6.53. The Bertz CT molecular complexity index is 868. The van der Waals surface area contributed by atoms with Crippen molar-refractivity contribution < 1.29 is 19.1 Å². The van der Waals surface area contributed by atoms with Crippen molar-refractivity contribution in [3.8, 4) is 11.5 Å². The molecule has 7 nitrogen and oxygen atoms in total. The number of amides is 2. The third-order valence-corrected chi connectivity index (χ3v) is 4.65. The van der Waals surface area contributed by atoms with Gasteiger partial charge in [0.15, 0.2) is 11.5 Å². The second kappa shape index (κ2) is 7.67. The van der Waals surface area contributed by atoms with Crippen molar-refractivity contribution in [3.05, 3.63) is 53.6 Å². The molecule has 2 aromatic rings. The molecular weight excluding hydrogens is 346 g/mol. The Morgan fingerprint density at radius 3 is 2.67 bits per heavy atom. The Labute approximate surface area is 157 Å². The van der Waals surface area contributed by atoms with Crippen LogP contribution in [0, 0.1) is 0 Å². The van der Waals surface area contributed by atoms with Gasteiger partial charge in [0.2, 0.25) is 11.8 Å². The van der Waals surface area contributed by atoms with E-state index in [4.69, 9.17) is 9.47 Å². The molecule has 140 valence electrons. The van der Waals surface area contributed by atoms with Crippen molar-refractivity contribution >= 4 is 17.5 Å². The molecule has 0 radical (unpaired) electrons. The number of rotatable bonds is 4. The number of carbonyl (C=O) groups is 2. The van der Waals surface area contributed by atoms with Gasteiger partial charge in [0.25, 0.3) is 0 Å². The summed E-state index contributed by atoms with van der Waals surface area (Å²) in [5, 5.41) is 8.66. The van der Waals surface area contributed by atoms with Crippen molar-refractivity contribution in [2.75, 3.05) is 25.1 Å². The fourth-order valence-corrected chi connectivity index (χ4v) is 3.26. The molecular formula is C20H21N3O4. The van der Waals surface area contributed by atoms with E-state index in [1.165, 1.54) is 5.56 Å². The van der Waals surface area contributed by atoms with E-state index < -0.39 is 0 Å². The van der Waals surface area contributed by atoms with Crippen molar-refractivity contribution in [2.24, 2.45) is 0 Å². The Hall–Kier alpha value is -3.06. The van der Waals surface area contributed by atoms with Crippen LogP contribution in [0.5, 0.6) is 11.5 Å². The minimum Gasteiger partial charge on any atom is -0.486 e. The third-order valence-electron chi connectivity index (χ3n) is 4.65. The van der Waals surface area contributed by atoms with Gasteiger partial charge in [-0.3, -0.25) is 9.59 Å². The SMILES string of the molecule is O=C(CNC(=O)[C@H]1Cc2ccccc2CN1)Nc1ccc2c(c1)OCCO2. The molecule has 0 saturated heterocycles. The number of benzene rings is 2. The Morgan fingerprint density at radius 1 is 1.04 bits per heavy atom. The Morgan fingerprint density at radius 2 is 1.81 bits per heavy atom. The smallest absolute Gasteiger partial charge is 0.243 e. The van der Waals surface area contributed by atoms with Gasteiger partial charge in [-0.15, -0.1) is 0 Å². The molecule has 4 rings (SSSR count). The topological polar surface area (TPSA) is 88.7 Å². The highest BCUT2D eigenvalue weighted by molar-refractivity contribution is 5.95. The summed E-state index contributed by atoms with van der Waals surface area (Å²) in [4.78, 5) is 24.5. The van der Waals surface area contributed by atoms with Crippen LogP contribution in [0.25, 0.3) is 0 Å². The number of hydrogen-bond acceptors (Lipinski definition) is 5. The lowest BCUT2D eigenvalue weighted by Crippen LogP contribution is -2.49. The standard InChI is InChI=1S/C20H21N3O4/c24-19(23-15-5-6-17-18(10-15)27-8-7-26-17)12-22-20(25)16-9-13-3-1-2-4-14(13)11-21-16/h1-6,10,16,21H,7-9,11-12H2,(H,22,25)(H,23,24)/t16-/m1/s1.